The van der Waals surface area contributed by atoms with Crippen molar-refractivity contribution in [3.63, 3.8) is 0 Å². The van der Waals surface area contributed by atoms with E-state index in [2.05, 4.69) is 10.3 Å². The molecule has 1 aromatic heterocycles. The second-order valence-corrected chi connectivity index (χ2v) is 7.15. The molecule has 0 aliphatic rings. The van der Waals surface area contributed by atoms with E-state index in [0.29, 0.717) is 24.3 Å². The van der Waals surface area contributed by atoms with Gasteiger partial charge in [-0.3, -0.25) is 9.59 Å². The van der Waals surface area contributed by atoms with Gasteiger partial charge < -0.3 is 10.2 Å². The van der Waals surface area contributed by atoms with Gasteiger partial charge in [-0.15, -0.1) is 11.3 Å². The first-order valence-corrected chi connectivity index (χ1v) is 10.2. The summed E-state index contributed by atoms with van der Waals surface area (Å²) in [6.07, 6.45) is 0.192. The van der Waals surface area contributed by atoms with Gasteiger partial charge in [-0.2, -0.15) is 0 Å². The summed E-state index contributed by atoms with van der Waals surface area (Å²) in [7, 11) is 0. The molecule has 0 bridgehead atoms. The number of hydrogen-bond acceptors (Lipinski definition) is 4. The molecule has 2 aromatic carbocycles. The Morgan fingerprint density at radius 1 is 1.04 bits per heavy atom. The standard InChI is InChI=1S/C22H23N3O2S/c1-3-25(4-2)22(27)17-11-8-12-18(13-17)23-20(26)14-19-15-28-21(24-19)16-9-6-5-7-10-16/h5-13,15H,3-4,14H2,1-2H3,(H,23,26). The highest BCUT2D eigenvalue weighted by molar-refractivity contribution is 7.13. The van der Waals surface area contributed by atoms with Crippen molar-refractivity contribution in [2.75, 3.05) is 18.4 Å². The van der Waals surface area contributed by atoms with Crippen LogP contribution in [0.2, 0.25) is 0 Å². The summed E-state index contributed by atoms with van der Waals surface area (Å²) in [6.45, 7) is 5.20. The Morgan fingerprint density at radius 2 is 1.79 bits per heavy atom. The van der Waals surface area contributed by atoms with Crippen molar-refractivity contribution in [2.45, 2.75) is 20.3 Å². The molecule has 5 nitrogen and oxygen atoms in total. The molecule has 144 valence electrons. The number of carbonyl (C=O) groups excluding carboxylic acids is 2. The molecular formula is C22H23N3O2S. The van der Waals surface area contributed by atoms with E-state index in [-0.39, 0.29) is 18.2 Å². The lowest BCUT2D eigenvalue weighted by molar-refractivity contribution is -0.115. The van der Waals surface area contributed by atoms with Crippen LogP contribution in [0, 0.1) is 0 Å². The smallest absolute Gasteiger partial charge is 0.253 e. The molecule has 0 atom stereocenters. The zero-order valence-electron chi connectivity index (χ0n) is 16.0. The number of amides is 2. The fourth-order valence-electron chi connectivity index (χ4n) is 2.89. The van der Waals surface area contributed by atoms with E-state index < -0.39 is 0 Å². The maximum atomic E-state index is 12.5. The largest absolute Gasteiger partial charge is 0.339 e. The van der Waals surface area contributed by atoms with Crippen LogP contribution in [0.3, 0.4) is 0 Å². The average Bonchev–Trinajstić information content (AvgIpc) is 3.18. The highest BCUT2D eigenvalue weighted by atomic mass is 32.1. The molecule has 1 N–H and O–H groups in total. The fourth-order valence-corrected chi connectivity index (χ4v) is 3.72. The molecule has 0 saturated carbocycles. The molecule has 0 spiro atoms. The van der Waals surface area contributed by atoms with Gasteiger partial charge in [0.15, 0.2) is 0 Å². The van der Waals surface area contributed by atoms with Gasteiger partial charge in [0.1, 0.15) is 5.01 Å². The fraction of sp³-hybridized carbons (Fsp3) is 0.227. The van der Waals surface area contributed by atoms with Gasteiger partial charge in [0, 0.05) is 35.3 Å². The molecule has 1 heterocycles. The highest BCUT2D eigenvalue weighted by Crippen LogP contribution is 2.23. The molecule has 0 saturated heterocycles. The van der Waals surface area contributed by atoms with Crippen LogP contribution < -0.4 is 5.32 Å². The van der Waals surface area contributed by atoms with Gasteiger partial charge in [0.05, 0.1) is 12.1 Å². The second kappa shape index (κ2) is 9.28. The van der Waals surface area contributed by atoms with E-state index in [0.717, 1.165) is 16.3 Å². The zero-order chi connectivity index (χ0) is 19.9. The van der Waals surface area contributed by atoms with Gasteiger partial charge in [0.25, 0.3) is 5.91 Å². The normalized spacial score (nSPS) is 10.5. The number of nitrogens with zero attached hydrogens (tertiary/aromatic N) is 2. The SMILES string of the molecule is CCN(CC)C(=O)c1cccc(NC(=O)Cc2csc(-c3ccccc3)n2)c1. The molecule has 2 amide bonds. The molecule has 0 aliphatic heterocycles. The molecule has 0 fully saturated rings. The molecule has 3 rings (SSSR count). The summed E-state index contributed by atoms with van der Waals surface area (Å²) in [6, 6.07) is 17.0. The second-order valence-electron chi connectivity index (χ2n) is 6.29. The number of thiazole rings is 1. The third-order valence-corrected chi connectivity index (χ3v) is 5.30. The Hall–Kier alpha value is -2.99. The van der Waals surface area contributed by atoms with Crippen molar-refractivity contribution in [3.8, 4) is 10.6 Å². The number of nitrogens with one attached hydrogen (secondary N) is 1. The number of aromatic nitrogens is 1. The maximum Gasteiger partial charge on any atom is 0.253 e. The van der Waals surface area contributed by atoms with Gasteiger partial charge in [-0.05, 0) is 32.0 Å². The number of benzene rings is 2. The molecule has 28 heavy (non-hydrogen) atoms. The van der Waals surface area contributed by atoms with E-state index in [1.165, 1.54) is 11.3 Å². The van der Waals surface area contributed by atoms with Gasteiger partial charge in [-0.25, -0.2) is 4.98 Å². The first-order chi connectivity index (χ1) is 13.6. The molecule has 6 heteroatoms. The zero-order valence-corrected chi connectivity index (χ0v) is 16.8. The minimum absolute atomic E-state index is 0.0342. The van der Waals surface area contributed by atoms with Gasteiger partial charge in [0.2, 0.25) is 5.91 Å². The van der Waals surface area contributed by atoms with Crippen molar-refractivity contribution >= 4 is 28.8 Å². The predicted octanol–water partition coefficient (Wildman–Crippen LogP) is 4.47. The van der Waals surface area contributed by atoms with Crippen molar-refractivity contribution < 1.29 is 9.59 Å². The van der Waals surface area contributed by atoms with E-state index in [4.69, 9.17) is 0 Å². The lowest BCUT2D eigenvalue weighted by Gasteiger charge is -2.19. The van der Waals surface area contributed by atoms with Crippen LogP contribution in [0.4, 0.5) is 5.69 Å². The van der Waals surface area contributed by atoms with Gasteiger partial charge in [-0.1, -0.05) is 36.4 Å². The highest BCUT2D eigenvalue weighted by Gasteiger charge is 2.14. The monoisotopic (exact) mass is 393 g/mol. The minimum atomic E-state index is -0.155. The number of hydrogen-bond donors (Lipinski definition) is 1. The summed E-state index contributed by atoms with van der Waals surface area (Å²) in [5, 5.41) is 5.67. The minimum Gasteiger partial charge on any atom is -0.339 e. The first kappa shape index (κ1) is 19.8. The van der Waals surface area contributed by atoms with Crippen molar-refractivity contribution in [1.82, 2.24) is 9.88 Å². The molecule has 3 aromatic rings. The predicted molar refractivity (Wildman–Crippen MR) is 114 cm³/mol. The quantitative estimate of drug-likeness (QED) is 0.644. The molecular weight excluding hydrogens is 370 g/mol. The van der Waals surface area contributed by atoms with Crippen LogP contribution >= 0.6 is 11.3 Å². The Bertz CT molecular complexity index is 949. The summed E-state index contributed by atoms with van der Waals surface area (Å²) in [5.41, 5.74) is 2.96. The maximum absolute atomic E-state index is 12.5. The number of anilines is 1. The van der Waals surface area contributed by atoms with Crippen molar-refractivity contribution in [2.24, 2.45) is 0 Å². The summed E-state index contributed by atoms with van der Waals surface area (Å²) >= 11 is 1.52. The lowest BCUT2D eigenvalue weighted by atomic mass is 10.1. The average molecular weight is 394 g/mol. The summed E-state index contributed by atoms with van der Waals surface area (Å²) in [5.74, 6) is -0.189. The van der Waals surface area contributed by atoms with Crippen LogP contribution in [0.25, 0.3) is 10.6 Å². The van der Waals surface area contributed by atoms with Crippen LogP contribution in [-0.2, 0) is 11.2 Å². The Kier molecular flexibility index (Phi) is 6.55. The van der Waals surface area contributed by atoms with Crippen LogP contribution in [0.5, 0.6) is 0 Å². The summed E-state index contributed by atoms with van der Waals surface area (Å²) < 4.78 is 0. The summed E-state index contributed by atoms with van der Waals surface area (Å²) in [4.78, 5) is 31.2. The van der Waals surface area contributed by atoms with E-state index >= 15 is 0 Å². The lowest BCUT2D eigenvalue weighted by Crippen LogP contribution is -2.30. The Morgan fingerprint density at radius 3 is 2.50 bits per heavy atom. The number of rotatable bonds is 7. The van der Waals surface area contributed by atoms with E-state index in [1.54, 1.807) is 29.2 Å². The molecule has 0 unspecified atom stereocenters. The molecule has 0 radical (unpaired) electrons. The molecule has 0 aliphatic carbocycles. The van der Waals surface area contributed by atoms with Crippen LogP contribution in [0.1, 0.15) is 29.9 Å². The van der Waals surface area contributed by atoms with Crippen molar-refractivity contribution in [3.05, 3.63) is 71.2 Å². The van der Waals surface area contributed by atoms with Crippen molar-refractivity contribution in [1.29, 1.82) is 0 Å². The van der Waals surface area contributed by atoms with E-state index in [1.807, 2.05) is 49.6 Å². The van der Waals surface area contributed by atoms with Gasteiger partial charge >= 0.3 is 0 Å². The Balaban J connectivity index is 1.65. The Labute approximate surface area is 169 Å². The van der Waals surface area contributed by atoms with Crippen LogP contribution in [0.15, 0.2) is 60.0 Å². The number of carbonyl (C=O) groups is 2. The third-order valence-electron chi connectivity index (χ3n) is 4.36. The third kappa shape index (κ3) is 4.84. The topological polar surface area (TPSA) is 62.3 Å². The van der Waals surface area contributed by atoms with Crippen LogP contribution in [-0.4, -0.2) is 34.8 Å². The first-order valence-electron chi connectivity index (χ1n) is 9.29. The van der Waals surface area contributed by atoms with E-state index in [9.17, 15) is 9.59 Å².